The van der Waals surface area contributed by atoms with E-state index < -0.39 is 10.0 Å². The van der Waals surface area contributed by atoms with Gasteiger partial charge in [-0.3, -0.25) is 9.59 Å². The first kappa shape index (κ1) is 23.4. The molecule has 2 aromatic carbocycles. The van der Waals surface area contributed by atoms with Gasteiger partial charge in [-0.25, -0.2) is 8.42 Å². The summed E-state index contributed by atoms with van der Waals surface area (Å²) in [6, 6.07) is 14.8. The molecular formula is C25H31N3O4S. The molecule has 4 rings (SSSR count). The predicted octanol–water partition coefficient (Wildman–Crippen LogP) is 2.89. The lowest BCUT2D eigenvalue weighted by Gasteiger charge is -2.33. The van der Waals surface area contributed by atoms with Crippen LogP contribution >= 0.6 is 0 Å². The maximum atomic E-state index is 13.2. The van der Waals surface area contributed by atoms with Gasteiger partial charge in [0.1, 0.15) is 6.54 Å². The average Bonchev–Trinajstić information content (AvgIpc) is 2.81. The summed E-state index contributed by atoms with van der Waals surface area (Å²) in [5.74, 6) is -0.355. The van der Waals surface area contributed by atoms with Gasteiger partial charge in [-0.1, -0.05) is 36.8 Å². The molecule has 2 amide bonds. The SMILES string of the molecule is C[C@@H]1CCCCN1S(=O)(=O)c1ccc2c(c1)CCC(=O)N2CC(=O)NCCc1ccccc1. The van der Waals surface area contributed by atoms with Crippen molar-refractivity contribution in [1.82, 2.24) is 9.62 Å². The smallest absolute Gasteiger partial charge is 0.243 e. The first-order valence-corrected chi connectivity index (χ1v) is 13.1. The van der Waals surface area contributed by atoms with E-state index in [4.69, 9.17) is 0 Å². The minimum absolute atomic E-state index is 0.0163. The lowest BCUT2D eigenvalue weighted by molar-refractivity contribution is -0.124. The van der Waals surface area contributed by atoms with Crippen molar-refractivity contribution in [2.75, 3.05) is 24.5 Å². The summed E-state index contributed by atoms with van der Waals surface area (Å²) in [6.07, 6.45) is 4.23. The van der Waals surface area contributed by atoms with Crippen LogP contribution < -0.4 is 10.2 Å². The Labute approximate surface area is 195 Å². The van der Waals surface area contributed by atoms with Crippen LogP contribution in [0.3, 0.4) is 0 Å². The van der Waals surface area contributed by atoms with Crippen molar-refractivity contribution in [1.29, 1.82) is 0 Å². The van der Waals surface area contributed by atoms with Crippen molar-refractivity contribution in [2.24, 2.45) is 0 Å². The van der Waals surface area contributed by atoms with Gasteiger partial charge in [0.25, 0.3) is 0 Å². The summed E-state index contributed by atoms with van der Waals surface area (Å²) in [5, 5.41) is 2.88. The van der Waals surface area contributed by atoms with Crippen molar-refractivity contribution < 1.29 is 18.0 Å². The number of hydrogen-bond donors (Lipinski definition) is 1. The summed E-state index contributed by atoms with van der Waals surface area (Å²) in [6.45, 7) is 2.90. The molecule has 0 aromatic heterocycles. The molecule has 176 valence electrons. The highest BCUT2D eigenvalue weighted by Gasteiger charge is 2.33. The molecule has 1 atom stereocenters. The second-order valence-electron chi connectivity index (χ2n) is 8.82. The minimum Gasteiger partial charge on any atom is -0.354 e. The third-order valence-electron chi connectivity index (χ3n) is 6.48. The standard InChI is InChI=1S/C25H31N3O4S/c1-19-7-5-6-16-28(19)33(31,32)22-11-12-23-21(17-22)10-13-25(30)27(23)18-24(29)26-15-14-20-8-3-2-4-9-20/h2-4,8-9,11-12,17,19H,5-7,10,13-16,18H2,1H3,(H,26,29)/t19-/m1/s1. The molecule has 2 aliphatic rings. The van der Waals surface area contributed by atoms with Crippen LogP contribution in [0.1, 0.15) is 43.7 Å². The fourth-order valence-corrected chi connectivity index (χ4v) is 6.38. The van der Waals surface area contributed by atoms with Crippen molar-refractivity contribution in [3.05, 3.63) is 59.7 Å². The van der Waals surface area contributed by atoms with Crippen molar-refractivity contribution in [2.45, 2.75) is 56.4 Å². The second-order valence-corrected chi connectivity index (χ2v) is 10.7. The van der Waals surface area contributed by atoms with E-state index in [1.54, 1.807) is 22.5 Å². The number of carbonyl (C=O) groups excluding carboxylic acids is 2. The zero-order valence-corrected chi connectivity index (χ0v) is 19.8. The van der Waals surface area contributed by atoms with Crippen molar-refractivity contribution in [3.63, 3.8) is 0 Å². The van der Waals surface area contributed by atoms with E-state index in [0.29, 0.717) is 31.6 Å². The molecule has 0 aliphatic carbocycles. The molecule has 0 radical (unpaired) electrons. The predicted molar refractivity (Wildman–Crippen MR) is 127 cm³/mol. The van der Waals surface area contributed by atoms with Crippen LogP contribution in [0.25, 0.3) is 0 Å². The minimum atomic E-state index is -3.59. The third-order valence-corrected chi connectivity index (χ3v) is 8.49. The quantitative estimate of drug-likeness (QED) is 0.676. The molecule has 8 heteroatoms. The number of hydrogen-bond acceptors (Lipinski definition) is 4. The zero-order chi connectivity index (χ0) is 23.4. The van der Waals surface area contributed by atoms with Gasteiger partial charge >= 0.3 is 0 Å². The summed E-state index contributed by atoms with van der Waals surface area (Å²) in [7, 11) is -3.59. The first-order chi connectivity index (χ1) is 15.9. The number of benzene rings is 2. The number of aryl methyl sites for hydroxylation is 1. The molecule has 0 unspecified atom stereocenters. The van der Waals surface area contributed by atoms with Crippen LogP contribution in [0.2, 0.25) is 0 Å². The third kappa shape index (κ3) is 5.28. The number of sulfonamides is 1. The molecule has 2 aliphatic heterocycles. The largest absolute Gasteiger partial charge is 0.354 e. The average molecular weight is 470 g/mol. The molecule has 1 fully saturated rings. The lowest BCUT2D eigenvalue weighted by Crippen LogP contribution is -2.44. The van der Waals surface area contributed by atoms with Crippen LogP contribution in [0, 0.1) is 0 Å². The summed E-state index contributed by atoms with van der Waals surface area (Å²) in [4.78, 5) is 26.8. The van der Waals surface area contributed by atoms with Gasteiger partial charge < -0.3 is 10.2 Å². The zero-order valence-electron chi connectivity index (χ0n) is 19.0. The number of nitrogens with zero attached hydrogens (tertiary/aromatic N) is 2. The summed E-state index contributed by atoms with van der Waals surface area (Å²) in [5.41, 5.74) is 2.54. The van der Waals surface area contributed by atoms with E-state index in [1.165, 1.54) is 4.90 Å². The maximum Gasteiger partial charge on any atom is 0.243 e. The number of fused-ring (bicyclic) bond motifs is 1. The fraction of sp³-hybridized carbons (Fsp3) is 0.440. The monoisotopic (exact) mass is 469 g/mol. The van der Waals surface area contributed by atoms with E-state index in [-0.39, 0.29) is 35.7 Å². The summed E-state index contributed by atoms with van der Waals surface area (Å²) >= 11 is 0. The van der Waals surface area contributed by atoms with E-state index >= 15 is 0 Å². The van der Waals surface area contributed by atoms with Gasteiger partial charge in [-0.05, 0) is 61.9 Å². The maximum absolute atomic E-state index is 13.2. The van der Waals surface area contributed by atoms with Crippen LogP contribution in [-0.4, -0.2) is 50.2 Å². The summed E-state index contributed by atoms with van der Waals surface area (Å²) < 4.78 is 28.0. The Balaban J connectivity index is 1.45. The van der Waals surface area contributed by atoms with Crippen LogP contribution in [-0.2, 0) is 32.5 Å². The molecule has 0 bridgehead atoms. The fourth-order valence-electron chi connectivity index (χ4n) is 4.62. The Morgan fingerprint density at radius 1 is 1.09 bits per heavy atom. The topological polar surface area (TPSA) is 86.8 Å². The normalized spacial score (nSPS) is 19.2. The Morgan fingerprint density at radius 3 is 2.64 bits per heavy atom. The highest BCUT2D eigenvalue weighted by Crippen LogP contribution is 2.32. The molecule has 0 saturated carbocycles. The van der Waals surface area contributed by atoms with Gasteiger partial charge in [0, 0.05) is 31.2 Å². The lowest BCUT2D eigenvalue weighted by atomic mass is 10.0. The van der Waals surface area contributed by atoms with Crippen LogP contribution in [0.5, 0.6) is 0 Å². The van der Waals surface area contributed by atoms with E-state index in [9.17, 15) is 18.0 Å². The van der Waals surface area contributed by atoms with Gasteiger partial charge in [-0.15, -0.1) is 0 Å². The number of nitrogens with one attached hydrogen (secondary N) is 1. The Kier molecular flexibility index (Phi) is 7.14. The molecule has 2 heterocycles. The Morgan fingerprint density at radius 2 is 1.88 bits per heavy atom. The number of rotatable bonds is 7. The van der Waals surface area contributed by atoms with E-state index in [0.717, 1.165) is 30.4 Å². The highest BCUT2D eigenvalue weighted by atomic mass is 32.2. The van der Waals surface area contributed by atoms with E-state index in [2.05, 4.69) is 5.32 Å². The van der Waals surface area contributed by atoms with Crippen molar-refractivity contribution in [3.8, 4) is 0 Å². The van der Waals surface area contributed by atoms with Gasteiger partial charge in [0.15, 0.2) is 0 Å². The number of carbonyl (C=O) groups is 2. The second kappa shape index (κ2) is 10.1. The molecule has 0 spiro atoms. The van der Waals surface area contributed by atoms with Crippen molar-refractivity contribution >= 4 is 27.5 Å². The number of piperidine rings is 1. The molecular weight excluding hydrogens is 438 g/mol. The molecule has 1 saturated heterocycles. The molecule has 1 N–H and O–H groups in total. The van der Waals surface area contributed by atoms with Gasteiger partial charge in [0.05, 0.1) is 4.90 Å². The van der Waals surface area contributed by atoms with Crippen LogP contribution in [0.4, 0.5) is 5.69 Å². The molecule has 7 nitrogen and oxygen atoms in total. The molecule has 33 heavy (non-hydrogen) atoms. The Hall–Kier alpha value is -2.71. The van der Waals surface area contributed by atoms with Gasteiger partial charge in [0.2, 0.25) is 21.8 Å². The Bertz CT molecular complexity index is 1120. The van der Waals surface area contributed by atoms with Gasteiger partial charge in [-0.2, -0.15) is 4.31 Å². The number of anilines is 1. The van der Waals surface area contributed by atoms with Crippen LogP contribution in [0.15, 0.2) is 53.4 Å². The van der Waals surface area contributed by atoms with E-state index in [1.807, 2.05) is 37.3 Å². The molecule has 2 aromatic rings. The first-order valence-electron chi connectivity index (χ1n) is 11.6. The number of amides is 2. The highest BCUT2D eigenvalue weighted by molar-refractivity contribution is 7.89.